The van der Waals surface area contributed by atoms with E-state index in [9.17, 15) is 9.59 Å². The topological polar surface area (TPSA) is 65.2 Å². The van der Waals surface area contributed by atoms with E-state index >= 15 is 0 Å². The van der Waals surface area contributed by atoms with Crippen molar-refractivity contribution < 1.29 is 9.59 Å². The van der Waals surface area contributed by atoms with Crippen molar-refractivity contribution >= 4 is 34.3 Å². The van der Waals surface area contributed by atoms with Crippen LogP contribution in [0, 0.1) is 0 Å². The van der Waals surface area contributed by atoms with Crippen LogP contribution in [0.15, 0.2) is 24.4 Å². The maximum Gasteiger partial charge on any atom is 0.256 e. The summed E-state index contributed by atoms with van der Waals surface area (Å²) in [5.41, 5.74) is 1.50. The molecule has 1 saturated heterocycles. The van der Waals surface area contributed by atoms with Gasteiger partial charge in [0.1, 0.15) is 0 Å². The highest BCUT2D eigenvalue weighted by Crippen LogP contribution is 2.24. The summed E-state index contributed by atoms with van der Waals surface area (Å²) in [6.07, 6.45) is 3.53. The van der Waals surface area contributed by atoms with Crippen molar-refractivity contribution in [1.82, 2.24) is 15.2 Å². The molecule has 2 N–H and O–H groups in total. The lowest BCUT2D eigenvalue weighted by Crippen LogP contribution is -2.49. The van der Waals surface area contributed by atoms with Gasteiger partial charge in [0.15, 0.2) is 0 Å². The van der Waals surface area contributed by atoms with E-state index in [0.717, 1.165) is 30.3 Å². The first-order valence-electron chi connectivity index (χ1n) is 7.37. The highest BCUT2D eigenvalue weighted by molar-refractivity contribution is 6.31. The van der Waals surface area contributed by atoms with Gasteiger partial charge in [0.25, 0.3) is 5.91 Å². The summed E-state index contributed by atoms with van der Waals surface area (Å²) >= 11 is 5.97. The van der Waals surface area contributed by atoms with Crippen LogP contribution < -0.4 is 5.32 Å². The van der Waals surface area contributed by atoms with Crippen LogP contribution in [0.1, 0.15) is 30.1 Å². The second-order valence-electron chi connectivity index (χ2n) is 5.68. The van der Waals surface area contributed by atoms with Crippen molar-refractivity contribution in [3.63, 3.8) is 0 Å². The number of halogens is 1. The van der Waals surface area contributed by atoms with Crippen molar-refractivity contribution in [1.29, 1.82) is 0 Å². The standard InChI is InChI=1S/C16H18ClN3O2/c1-10(21)19-12-3-2-6-20(9-12)16(22)14-8-18-15-7-11(17)4-5-13(14)15/h4-5,7-8,12,18H,2-3,6,9H2,1H3,(H,19,21). The third-order valence-corrected chi connectivity index (χ3v) is 4.23. The molecule has 1 aromatic heterocycles. The van der Waals surface area contributed by atoms with Gasteiger partial charge >= 0.3 is 0 Å². The Labute approximate surface area is 133 Å². The molecule has 1 aromatic carbocycles. The van der Waals surface area contributed by atoms with Crippen LogP contribution in [0.2, 0.25) is 5.02 Å². The maximum atomic E-state index is 12.8. The van der Waals surface area contributed by atoms with Crippen LogP contribution in [0.25, 0.3) is 10.9 Å². The zero-order chi connectivity index (χ0) is 15.7. The van der Waals surface area contributed by atoms with E-state index in [1.807, 2.05) is 12.1 Å². The van der Waals surface area contributed by atoms with E-state index in [1.165, 1.54) is 6.92 Å². The molecule has 0 radical (unpaired) electrons. The molecule has 1 unspecified atom stereocenters. The van der Waals surface area contributed by atoms with Gasteiger partial charge in [-0.1, -0.05) is 17.7 Å². The molecule has 0 aliphatic carbocycles. The van der Waals surface area contributed by atoms with E-state index in [-0.39, 0.29) is 17.9 Å². The van der Waals surface area contributed by atoms with Crippen LogP contribution in [0.5, 0.6) is 0 Å². The Balaban J connectivity index is 1.81. The van der Waals surface area contributed by atoms with E-state index in [1.54, 1.807) is 17.2 Å². The highest BCUT2D eigenvalue weighted by Gasteiger charge is 2.26. The van der Waals surface area contributed by atoms with Gasteiger partial charge in [0.2, 0.25) is 5.91 Å². The molecular formula is C16H18ClN3O2. The Morgan fingerprint density at radius 3 is 3.00 bits per heavy atom. The number of H-pyrrole nitrogens is 1. The van der Waals surface area contributed by atoms with Crippen molar-refractivity contribution in [2.75, 3.05) is 13.1 Å². The predicted octanol–water partition coefficient (Wildman–Crippen LogP) is 2.56. The van der Waals surface area contributed by atoms with Crippen molar-refractivity contribution in [3.8, 4) is 0 Å². The molecule has 5 nitrogen and oxygen atoms in total. The lowest BCUT2D eigenvalue weighted by molar-refractivity contribution is -0.120. The molecule has 2 amide bonds. The average molecular weight is 320 g/mol. The number of amides is 2. The molecule has 1 aliphatic rings. The number of nitrogens with zero attached hydrogens (tertiary/aromatic N) is 1. The second-order valence-corrected chi connectivity index (χ2v) is 6.12. The van der Waals surface area contributed by atoms with Crippen LogP contribution in [-0.4, -0.2) is 40.8 Å². The summed E-state index contributed by atoms with van der Waals surface area (Å²) in [7, 11) is 0. The third kappa shape index (κ3) is 2.95. The zero-order valence-corrected chi connectivity index (χ0v) is 13.1. The molecule has 2 aromatic rings. The van der Waals surface area contributed by atoms with Crippen molar-refractivity contribution in [2.24, 2.45) is 0 Å². The van der Waals surface area contributed by atoms with Gasteiger partial charge in [-0.25, -0.2) is 0 Å². The van der Waals surface area contributed by atoms with E-state index in [2.05, 4.69) is 10.3 Å². The number of likely N-dealkylation sites (tertiary alicyclic amines) is 1. The number of benzene rings is 1. The Kier molecular flexibility index (Phi) is 4.07. The summed E-state index contributed by atoms with van der Waals surface area (Å²) in [4.78, 5) is 28.8. The molecule has 0 bridgehead atoms. The van der Waals surface area contributed by atoms with Gasteiger partial charge in [-0.2, -0.15) is 0 Å². The second kappa shape index (κ2) is 6.01. The van der Waals surface area contributed by atoms with Gasteiger partial charge in [0, 0.05) is 48.2 Å². The molecule has 1 aliphatic heterocycles. The SMILES string of the molecule is CC(=O)NC1CCCN(C(=O)c2c[nH]c3cc(Cl)ccc23)C1. The Morgan fingerprint density at radius 2 is 2.23 bits per heavy atom. The van der Waals surface area contributed by atoms with Crippen LogP contribution >= 0.6 is 11.6 Å². The summed E-state index contributed by atoms with van der Waals surface area (Å²) in [5.74, 6) is -0.0651. The minimum Gasteiger partial charge on any atom is -0.360 e. The molecule has 2 heterocycles. The van der Waals surface area contributed by atoms with Gasteiger partial charge in [0.05, 0.1) is 5.56 Å². The minimum absolute atomic E-state index is 0.0105. The summed E-state index contributed by atoms with van der Waals surface area (Å²) < 4.78 is 0. The largest absolute Gasteiger partial charge is 0.360 e. The van der Waals surface area contributed by atoms with Gasteiger partial charge in [-0.05, 0) is 25.0 Å². The van der Waals surface area contributed by atoms with Gasteiger partial charge in [-0.3, -0.25) is 9.59 Å². The van der Waals surface area contributed by atoms with E-state index < -0.39 is 0 Å². The summed E-state index contributed by atoms with van der Waals surface area (Å²) in [5, 5.41) is 4.41. The van der Waals surface area contributed by atoms with Crippen LogP contribution in [0.4, 0.5) is 0 Å². The number of hydrogen-bond donors (Lipinski definition) is 2. The lowest BCUT2D eigenvalue weighted by Gasteiger charge is -2.33. The first kappa shape index (κ1) is 14.9. The number of carbonyl (C=O) groups is 2. The number of aromatic amines is 1. The Morgan fingerprint density at radius 1 is 1.41 bits per heavy atom. The summed E-state index contributed by atoms with van der Waals surface area (Å²) in [6, 6.07) is 5.49. The smallest absolute Gasteiger partial charge is 0.256 e. The van der Waals surface area contributed by atoms with Gasteiger partial charge in [-0.15, -0.1) is 0 Å². The predicted molar refractivity (Wildman–Crippen MR) is 86.1 cm³/mol. The number of piperidine rings is 1. The lowest BCUT2D eigenvalue weighted by atomic mass is 10.0. The first-order chi connectivity index (χ1) is 10.5. The summed E-state index contributed by atoms with van der Waals surface area (Å²) in [6.45, 7) is 2.78. The first-order valence-corrected chi connectivity index (χ1v) is 7.75. The van der Waals surface area contributed by atoms with Crippen molar-refractivity contribution in [3.05, 3.63) is 35.0 Å². The number of nitrogens with one attached hydrogen (secondary N) is 2. The molecule has 1 atom stereocenters. The third-order valence-electron chi connectivity index (χ3n) is 3.99. The molecular weight excluding hydrogens is 302 g/mol. The van der Waals surface area contributed by atoms with E-state index in [4.69, 9.17) is 11.6 Å². The zero-order valence-electron chi connectivity index (χ0n) is 12.4. The minimum atomic E-state index is -0.0546. The molecule has 1 fully saturated rings. The molecule has 0 saturated carbocycles. The number of aromatic nitrogens is 1. The van der Waals surface area contributed by atoms with Crippen molar-refractivity contribution in [2.45, 2.75) is 25.8 Å². The quantitative estimate of drug-likeness (QED) is 0.893. The number of carbonyl (C=O) groups excluding carboxylic acids is 2. The normalized spacial score (nSPS) is 18.5. The molecule has 116 valence electrons. The monoisotopic (exact) mass is 319 g/mol. The molecule has 0 spiro atoms. The average Bonchev–Trinajstić information content (AvgIpc) is 2.89. The highest BCUT2D eigenvalue weighted by atomic mass is 35.5. The molecule has 3 rings (SSSR count). The fourth-order valence-corrected chi connectivity index (χ4v) is 3.18. The fourth-order valence-electron chi connectivity index (χ4n) is 3.01. The fraction of sp³-hybridized carbons (Fsp3) is 0.375. The number of fused-ring (bicyclic) bond motifs is 1. The number of rotatable bonds is 2. The number of hydrogen-bond acceptors (Lipinski definition) is 2. The van der Waals surface area contributed by atoms with E-state index in [0.29, 0.717) is 17.1 Å². The molecule has 22 heavy (non-hydrogen) atoms. The maximum absolute atomic E-state index is 12.8. The Hall–Kier alpha value is -2.01. The van der Waals surface area contributed by atoms with Crippen LogP contribution in [0.3, 0.4) is 0 Å². The van der Waals surface area contributed by atoms with Crippen LogP contribution in [-0.2, 0) is 4.79 Å². The van der Waals surface area contributed by atoms with Gasteiger partial charge < -0.3 is 15.2 Å². The Bertz CT molecular complexity index is 725. The molecule has 6 heteroatoms.